The highest BCUT2D eigenvalue weighted by Crippen LogP contribution is 2.27. The Morgan fingerprint density at radius 3 is 2.91 bits per heavy atom. The van der Waals surface area contributed by atoms with Crippen LogP contribution in [0.15, 0.2) is 12.3 Å². The Bertz CT molecular complexity index is 240. The van der Waals surface area contributed by atoms with Crippen LogP contribution in [0.2, 0.25) is 0 Å². The van der Waals surface area contributed by atoms with Crippen LogP contribution in [0.25, 0.3) is 0 Å². The molecule has 1 aliphatic rings. The lowest BCUT2D eigenvalue weighted by molar-refractivity contribution is 0.266. The zero-order valence-corrected chi connectivity index (χ0v) is 8.49. The van der Waals surface area contributed by atoms with Crippen LogP contribution >= 0.6 is 22.6 Å². The van der Waals surface area contributed by atoms with Gasteiger partial charge in [0.1, 0.15) is 3.70 Å². The summed E-state index contributed by atoms with van der Waals surface area (Å²) >= 11 is 2.25. The van der Waals surface area contributed by atoms with Crippen LogP contribution in [-0.4, -0.2) is 9.78 Å². The van der Waals surface area contributed by atoms with Gasteiger partial charge in [0.25, 0.3) is 0 Å². The summed E-state index contributed by atoms with van der Waals surface area (Å²) in [5.41, 5.74) is 0. The molecule has 0 bridgehead atoms. The average Bonchev–Trinajstić information content (AvgIpc) is 2.27. The van der Waals surface area contributed by atoms with Gasteiger partial charge in [-0.2, -0.15) is 5.10 Å². The topological polar surface area (TPSA) is 17.8 Å². The molecule has 1 aliphatic carbocycles. The predicted octanol–water partition coefficient (Wildman–Crippen LogP) is 2.29. The lowest BCUT2D eigenvalue weighted by Crippen LogP contribution is -2.18. The molecular weight excluding hydrogens is 251 g/mol. The molecule has 3 heteroatoms. The van der Waals surface area contributed by atoms with Gasteiger partial charge in [-0.05, 0) is 47.4 Å². The van der Waals surface area contributed by atoms with Crippen molar-refractivity contribution in [1.82, 2.24) is 9.78 Å². The van der Waals surface area contributed by atoms with Crippen LogP contribution in [0.1, 0.15) is 19.3 Å². The van der Waals surface area contributed by atoms with E-state index < -0.39 is 0 Å². The highest BCUT2D eigenvalue weighted by Gasteiger charge is 2.17. The molecule has 11 heavy (non-hydrogen) atoms. The Morgan fingerprint density at radius 1 is 1.64 bits per heavy atom. The third kappa shape index (κ3) is 1.75. The Hall–Kier alpha value is -0.0600. The van der Waals surface area contributed by atoms with Crippen LogP contribution in [0.3, 0.4) is 0 Å². The molecule has 1 fully saturated rings. The van der Waals surface area contributed by atoms with Crippen molar-refractivity contribution in [1.29, 1.82) is 0 Å². The highest BCUT2D eigenvalue weighted by atomic mass is 127. The van der Waals surface area contributed by atoms with Gasteiger partial charge >= 0.3 is 0 Å². The Kier molecular flexibility index (Phi) is 2.16. The first-order valence-electron chi connectivity index (χ1n) is 4.03. The molecule has 1 aromatic heterocycles. The van der Waals surface area contributed by atoms with E-state index in [-0.39, 0.29) is 0 Å². The number of rotatable bonds is 2. The zero-order chi connectivity index (χ0) is 7.68. The van der Waals surface area contributed by atoms with Crippen molar-refractivity contribution >= 4 is 22.6 Å². The van der Waals surface area contributed by atoms with Gasteiger partial charge in [-0.1, -0.05) is 6.42 Å². The maximum Gasteiger partial charge on any atom is 0.123 e. The van der Waals surface area contributed by atoms with Crippen molar-refractivity contribution in [2.75, 3.05) is 0 Å². The van der Waals surface area contributed by atoms with Gasteiger partial charge in [-0.3, -0.25) is 4.68 Å². The fourth-order valence-corrected chi connectivity index (χ4v) is 1.82. The Labute approximate surface area is 80.1 Å². The van der Waals surface area contributed by atoms with Gasteiger partial charge in [0.05, 0.1) is 0 Å². The molecule has 0 amide bonds. The summed E-state index contributed by atoms with van der Waals surface area (Å²) in [6.07, 6.45) is 6.29. The van der Waals surface area contributed by atoms with E-state index in [0.717, 1.165) is 16.2 Å². The summed E-state index contributed by atoms with van der Waals surface area (Å²) in [7, 11) is 0. The van der Waals surface area contributed by atoms with Crippen molar-refractivity contribution < 1.29 is 0 Å². The standard InChI is InChI=1S/C8H11IN2/c9-8-4-5-11(10-8)6-7-2-1-3-7/h4-5,7H,1-3,6H2. The molecule has 1 saturated carbocycles. The maximum absolute atomic E-state index is 4.34. The van der Waals surface area contributed by atoms with E-state index in [0.29, 0.717) is 0 Å². The predicted molar refractivity (Wildman–Crippen MR) is 52.3 cm³/mol. The van der Waals surface area contributed by atoms with Crippen LogP contribution < -0.4 is 0 Å². The molecule has 0 spiro atoms. The molecule has 2 rings (SSSR count). The second-order valence-corrected chi connectivity index (χ2v) is 4.26. The molecule has 0 radical (unpaired) electrons. The van der Waals surface area contributed by atoms with Crippen LogP contribution in [0, 0.1) is 9.62 Å². The average molecular weight is 262 g/mol. The molecule has 0 N–H and O–H groups in total. The highest BCUT2D eigenvalue weighted by molar-refractivity contribution is 14.1. The number of hydrogen-bond donors (Lipinski definition) is 0. The number of nitrogens with zero attached hydrogens (tertiary/aromatic N) is 2. The zero-order valence-electron chi connectivity index (χ0n) is 6.33. The van der Waals surface area contributed by atoms with Gasteiger partial charge in [-0.25, -0.2) is 0 Å². The van der Waals surface area contributed by atoms with Gasteiger partial charge in [-0.15, -0.1) is 0 Å². The van der Waals surface area contributed by atoms with Crippen LogP contribution in [-0.2, 0) is 6.54 Å². The molecule has 0 unspecified atom stereocenters. The van der Waals surface area contributed by atoms with Gasteiger partial charge < -0.3 is 0 Å². The molecular formula is C8H11IN2. The number of halogens is 1. The van der Waals surface area contributed by atoms with Gasteiger partial charge in [0.2, 0.25) is 0 Å². The summed E-state index contributed by atoms with van der Waals surface area (Å²) in [5, 5.41) is 4.34. The Morgan fingerprint density at radius 2 is 2.45 bits per heavy atom. The fraction of sp³-hybridized carbons (Fsp3) is 0.625. The molecule has 0 aliphatic heterocycles. The third-order valence-electron chi connectivity index (χ3n) is 2.28. The van der Waals surface area contributed by atoms with Gasteiger partial charge in [0.15, 0.2) is 0 Å². The smallest absolute Gasteiger partial charge is 0.123 e. The lowest BCUT2D eigenvalue weighted by atomic mass is 9.85. The summed E-state index contributed by atoms with van der Waals surface area (Å²) in [4.78, 5) is 0. The van der Waals surface area contributed by atoms with Gasteiger partial charge in [0, 0.05) is 12.7 Å². The minimum absolute atomic E-state index is 0.908. The van der Waals surface area contributed by atoms with E-state index in [1.165, 1.54) is 19.3 Å². The van der Waals surface area contributed by atoms with Crippen molar-refractivity contribution in [3.8, 4) is 0 Å². The van der Waals surface area contributed by atoms with E-state index in [4.69, 9.17) is 0 Å². The fourth-order valence-electron chi connectivity index (χ4n) is 1.38. The summed E-state index contributed by atoms with van der Waals surface area (Å²) in [5.74, 6) is 0.908. The molecule has 0 aromatic carbocycles. The van der Waals surface area contributed by atoms with Crippen LogP contribution in [0.5, 0.6) is 0 Å². The summed E-state index contributed by atoms with van der Waals surface area (Å²) in [6, 6.07) is 2.05. The first kappa shape index (κ1) is 7.58. The molecule has 60 valence electrons. The van der Waals surface area contributed by atoms with Crippen LogP contribution in [0.4, 0.5) is 0 Å². The minimum atomic E-state index is 0.908. The van der Waals surface area contributed by atoms with E-state index in [1.807, 2.05) is 0 Å². The first-order chi connectivity index (χ1) is 5.34. The normalized spacial score (nSPS) is 18.3. The quantitative estimate of drug-likeness (QED) is 0.748. The van der Waals surface area contributed by atoms with E-state index in [9.17, 15) is 0 Å². The van der Waals surface area contributed by atoms with Crippen molar-refractivity contribution in [3.63, 3.8) is 0 Å². The summed E-state index contributed by atoms with van der Waals surface area (Å²) in [6.45, 7) is 1.13. The number of aromatic nitrogens is 2. The SMILES string of the molecule is Ic1ccn(CC2CCC2)n1. The summed E-state index contributed by atoms with van der Waals surface area (Å²) < 4.78 is 3.16. The molecule has 1 heterocycles. The van der Waals surface area contributed by atoms with E-state index in [1.54, 1.807) is 0 Å². The van der Waals surface area contributed by atoms with E-state index in [2.05, 4.69) is 44.6 Å². The first-order valence-corrected chi connectivity index (χ1v) is 5.11. The second-order valence-electron chi connectivity index (χ2n) is 3.16. The van der Waals surface area contributed by atoms with Crippen molar-refractivity contribution in [3.05, 3.63) is 16.0 Å². The maximum atomic E-state index is 4.34. The second kappa shape index (κ2) is 3.13. The Balaban J connectivity index is 1.95. The molecule has 1 aromatic rings. The van der Waals surface area contributed by atoms with Crippen molar-refractivity contribution in [2.24, 2.45) is 5.92 Å². The molecule has 0 atom stereocenters. The monoisotopic (exact) mass is 262 g/mol. The number of hydrogen-bond acceptors (Lipinski definition) is 1. The lowest BCUT2D eigenvalue weighted by Gasteiger charge is -2.24. The minimum Gasteiger partial charge on any atom is -0.271 e. The molecule has 0 saturated heterocycles. The largest absolute Gasteiger partial charge is 0.271 e. The molecule has 2 nitrogen and oxygen atoms in total. The third-order valence-corrected chi connectivity index (χ3v) is 2.85. The van der Waals surface area contributed by atoms with E-state index >= 15 is 0 Å². The van der Waals surface area contributed by atoms with Crippen molar-refractivity contribution in [2.45, 2.75) is 25.8 Å².